The highest BCUT2D eigenvalue weighted by Gasteiger charge is 2.36. The molecule has 4 nitrogen and oxygen atoms in total. The summed E-state index contributed by atoms with van der Waals surface area (Å²) in [4.78, 5) is 2.61. The molecule has 3 fully saturated rings. The van der Waals surface area contributed by atoms with Crippen molar-refractivity contribution in [3.63, 3.8) is 0 Å². The van der Waals surface area contributed by atoms with Crippen molar-refractivity contribution < 1.29 is 4.74 Å². The Kier molecular flexibility index (Phi) is 7.77. The van der Waals surface area contributed by atoms with Gasteiger partial charge < -0.3 is 15.4 Å². The smallest absolute Gasteiger partial charge is 0.0623 e. The average Bonchev–Trinajstić information content (AvgIpc) is 3.13. The van der Waals surface area contributed by atoms with E-state index in [2.05, 4.69) is 45.9 Å². The van der Waals surface area contributed by atoms with Gasteiger partial charge in [0.05, 0.1) is 13.2 Å². The molecule has 0 bridgehead atoms. The van der Waals surface area contributed by atoms with E-state index < -0.39 is 0 Å². The number of piperidine rings is 1. The van der Waals surface area contributed by atoms with Gasteiger partial charge in [0.15, 0.2) is 0 Å². The third-order valence-electron chi connectivity index (χ3n) is 6.32. The molecule has 0 aromatic heterocycles. The predicted molar refractivity (Wildman–Crippen MR) is 109 cm³/mol. The first-order chi connectivity index (χ1) is 12.4. The molecule has 1 aromatic rings. The van der Waals surface area contributed by atoms with Gasteiger partial charge in [-0.25, -0.2) is 0 Å². The quantitative estimate of drug-likeness (QED) is 0.824. The van der Waals surface area contributed by atoms with Crippen LogP contribution >= 0.6 is 12.4 Å². The van der Waals surface area contributed by atoms with Crippen LogP contribution < -0.4 is 10.6 Å². The van der Waals surface area contributed by atoms with Gasteiger partial charge in [0.2, 0.25) is 0 Å². The molecule has 146 valence electrons. The highest BCUT2D eigenvalue weighted by molar-refractivity contribution is 5.85. The molecule has 1 saturated carbocycles. The Balaban J connectivity index is 0.00000196. The van der Waals surface area contributed by atoms with E-state index in [4.69, 9.17) is 4.74 Å². The van der Waals surface area contributed by atoms with E-state index >= 15 is 0 Å². The SMILES string of the molecule is Cl.c1ccc(CN2CCC(NC3CCCC3C3COCCN3)CC2)cc1. The summed E-state index contributed by atoms with van der Waals surface area (Å²) in [5.74, 6) is 0.752. The maximum absolute atomic E-state index is 5.71. The van der Waals surface area contributed by atoms with Crippen LogP contribution in [0, 0.1) is 5.92 Å². The molecule has 3 aliphatic rings. The van der Waals surface area contributed by atoms with Crippen molar-refractivity contribution in [2.24, 2.45) is 5.92 Å². The largest absolute Gasteiger partial charge is 0.379 e. The summed E-state index contributed by atoms with van der Waals surface area (Å²) >= 11 is 0. The molecular weight excluding hydrogens is 346 g/mol. The van der Waals surface area contributed by atoms with E-state index in [1.165, 1.54) is 50.8 Å². The van der Waals surface area contributed by atoms with Crippen molar-refractivity contribution in [3.05, 3.63) is 35.9 Å². The zero-order valence-electron chi connectivity index (χ0n) is 15.7. The minimum atomic E-state index is 0. The maximum Gasteiger partial charge on any atom is 0.0623 e. The van der Waals surface area contributed by atoms with Crippen LogP contribution in [0.3, 0.4) is 0 Å². The van der Waals surface area contributed by atoms with Gasteiger partial charge in [-0.2, -0.15) is 0 Å². The van der Waals surface area contributed by atoms with Crippen molar-refractivity contribution in [1.29, 1.82) is 0 Å². The Bertz CT molecular complexity index is 515. The lowest BCUT2D eigenvalue weighted by atomic mass is 9.92. The summed E-state index contributed by atoms with van der Waals surface area (Å²) in [6.45, 7) is 6.33. The Labute approximate surface area is 164 Å². The van der Waals surface area contributed by atoms with Crippen LogP contribution in [0.4, 0.5) is 0 Å². The lowest BCUT2D eigenvalue weighted by Gasteiger charge is -2.37. The summed E-state index contributed by atoms with van der Waals surface area (Å²) in [6.07, 6.45) is 6.63. The van der Waals surface area contributed by atoms with E-state index in [9.17, 15) is 0 Å². The fourth-order valence-corrected chi connectivity index (χ4v) is 4.94. The van der Waals surface area contributed by atoms with E-state index in [1.807, 2.05) is 0 Å². The third kappa shape index (κ3) is 5.20. The second-order valence-corrected chi connectivity index (χ2v) is 8.04. The first-order valence-corrected chi connectivity index (χ1v) is 10.2. The second kappa shape index (κ2) is 10.0. The van der Waals surface area contributed by atoms with E-state index in [0.717, 1.165) is 32.2 Å². The van der Waals surface area contributed by atoms with Crippen molar-refractivity contribution in [3.8, 4) is 0 Å². The molecule has 26 heavy (non-hydrogen) atoms. The van der Waals surface area contributed by atoms with Gasteiger partial charge in [-0.1, -0.05) is 36.8 Å². The molecule has 2 aliphatic heterocycles. The van der Waals surface area contributed by atoms with E-state index in [1.54, 1.807) is 0 Å². The van der Waals surface area contributed by atoms with Crippen molar-refractivity contribution >= 4 is 12.4 Å². The van der Waals surface area contributed by atoms with Crippen molar-refractivity contribution in [1.82, 2.24) is 15.5 Å². The summed E-state index contributed by atoms with van der Waals surface area (Å²) in [6, 6.07) is 12.8. The number of halogens is 1. The van der Waals surface area contributed by atoms with Crippen LogP contribution in [0.5, 0.6) is 0 Å². The molecule has 1 aliphatic carbocycles. The number of nitrogens with one attached hydrogen (secondary N) is 2. The number of likely N-dealkylation sites (tertiary alicyclic amines) is 1. The molecule has 0 amide bonds. The average molecular weight is 380 g/mol. The fraction of sp³-hybridized carbons (Fsp3) is 0.714. The summed E-state index contributed by atoms with van der Waals surface area (Å²) < 4.78 is 5.71. The Hall–Kier alpha value is -0.650. The Morgan fingerprint density at radius 3 is 2.62 bits per heavy atom. The van der Waals surface area contributed by atoms with Crippen molar-refractivity contribution in [2.45, 2.75) is 56.8 Å². The normalized spacial score (nSPS) is 30.8. The molecule has 3 unspecified atom stereocenters. The minimum absolute atomic E-state index is 0. The molecule has 5 heteroatoms. The zero-order chi connectivity index (χ0) is 16.9. The summed E-state index contributed by atoms with van der Waals surface area (Å²) in [7, 11) is 0. The first-order valence-electron chi connectivity index (χ1n) is 10.2. The Morgan fingerprint density at radius 1 is 1.08 bits per heavy atom. The second-order valence-electron chi connectivity index (χ2n) is 8.04. The number of ether oxygens (including phenoxy) is 1. The molecule has 4 rings (SSSR count). The molecule has 2 saturated heterocycles. The highest BCUT2D eigenvalue weighted by Crippen LogP contribution is 2.30. The number of morpholine rings is 1. The van der Waals surface area contributed by atoms with Crippen LogP contribution in [0.1, 0.15) is 37.7 Å². The van der Waals surface area contributed by atoms with Crippen LogP contribution in [0.15, 0.2) is 30.3 Å². The van der Waals surface area contributed by atoms with Crippen LogP contribution in [-0.2, 0) is 11.3 Å². The van der Waals surface area contributed by atoms with Crippen LogP contribution in [0.25, 0.3) is 0 Å². The molecule has 3 atom stereocenters. The number of rotatable bonds is 5. The minimum Gasteiger partial charge on any atom is -0.379 e. The molecule has 2 N–H and O–H groups in total. The molecule has 2 heterocycles. The topological polar surface area (TPSA) is 36.5 Å². The monoisotopic (exact) mass is 379 g/mol. The zero-order valence-corrected chi connectivity index (χ0v) is 16.6. The number of nitrogens with zero attached hydrogens (tertiary/aromatic N) is 1. The fourth-order valence-electron chi connectivity index (χ4n) is 4.94. The van der Waals surface area contributed by atoms with Gasteiger partial charge in [0.25, 0.3) is 0 Å². The molecule has 1 aromatic carbocycles. The van der Waals surface area contributed by atoms with Gasteiger partial charge in [-0.3, -0.25) is 4.90 Å². The van der Waals surface area contributed by atoms with Gasteiger partial charge in [-0.15, -0.1) is 12.4 Å². The lowest BCUT2D eigenvalue weighted by Crippen LogP contribution is -2.53. The Morgan fingerprint density at radius 2 is 1.88 bits per heavy atom. The summed E-state index contributed by atoms with van der Waals surface area (Å²) in [5.41, 5.74) is 1.44. The maximum atomic E-state index is 5.71. The molecular formula is C21H34ClN3O. The summed E-state index contributed by atoms with van der Waals surface area (Å²) in [5, 5.41) is 7.72. The van der Waals surface area contributed by atoms with Crippen LogP contribution in [0.2, 0.25) is 0 Å². The lowest BCUT2D eigenvalue weighted by molar-refractivity contribution is 0.0506. The number of hydrogen-bond donors (Lipinski definition) is 2. The van der Waals surface area contributed by atoms with Gasteiger partial charge in [0, 0.05) is 31.2 Å². The highest BCUT2D eigenvalue weighted by atomic mass is 35.5. The first kappa shape index (κ1) is 20.1. The van der Waals surface area contributed by atoms with E-state index in [-0.39, 0.29) is 12.4 Å². The number of benzene rings is 1. The molecule has 0 radical (unpaired) electrons. The standard InChI is InChI=1S/C21H33N3O.ClH/c1-2-5-17(6-3-1)15-24-12-9-18(10-13-24)23-20-8-4-7-19(20)21-16-25-14-11-22-21;/h1-3,5-6,18-23H,4,7-16H2;1H. The van der Waals surface area contributed by atoms with Gasteiger partial charge in [0.1, 0.15) is 0 Å². The third-order valence-corrected chi connectivity index (χ3v) is 6.32. The van der Waals surface area contributed by atoms with Gasteiger partial charge in [-0.05, 0) is 50.3 Å². The van der Waals surface area contributed by atoms with Crippen LogP contribution in [-0.4, -0.2) is 55.9 Å². The van der Waals surface area contributed by atoms with Gasteiger partial charge >= 0.3 is 0 Å². The molecule has 0 spiro atoms. The van der Waals surface area contributed by atoms with E-state index in [0.29, 0.717) is 18.1 Å². The predicted octanol–water partition coefficient (Wildman–Crippen LogP) is 2.82. The number of hydrogen-bond acceptors (Lipinski definition) is 4. The van der Waals surface area contributed by atoms with Crippen molar-refractivity contribution in [2.75, 3.05) is 32.8 Å².